The number of anilines is 3. The first-order valence-electron chi connectivity index (χ1n) is 17.6. The van der Waals surface area contributed by atoms with E-state index < -0.39 is 0 Å². The van der Waals surface area contributed by atoms with E-state index in [0.717, 1.165) is 28.6 Å². The average molecular weight is 671 g/mol. The second-order valence-electron chi connectivity index (χ2n) is 13.3. The minimum Gasteiger partial charge on any atom is -0.497 e. The molecule has 4 nitrogen and oxygen atoms in total. The number of fused-ring (bicyclic) bond motifs is 4. The topological polar surface area (TPSA) is 26.6 Å². The van der Waals surface area contributed by atoms with Gasteiger partial charge < -0.3 is 18.9 Å². The van der Waals surface area contributed by atoms with Crippen LogP contribution in [0.15, 0.2) is 170 Å². The van der Waals surface area contributed by atoms with Crippen molar-refractivity contribution in [2.75, 3.05) is 19.1 Å². The van der Waals surface area contributed by atoms with Gasteiger partial charge in [0.2, 0.25) is 0 Å². The highest BCUT2D eigenvalue weighted by Crippen LogP contribution is 2.45. The Morgan fingerprint density at radius 3 is 1.79 bits per heavy atom. The lowest BCUT2D eigenvalue weighted by Crippen LogP contribution is -2.10. The van der Waals surface area contributed by atoms with E-state index in [1.54, 1.807) is 14.2 Å². The maximum atomic E-state index is 5.60. The quantitative estimate of drug-likeness (QED) is 0.158. The van der Waals surface area contributed by atoms with Crippen LogP contribution in [0.2, 0.25) is 0 Å². The lowest BCUT2D eigenvalue weighted by atomic mass is 9.88. The number of para-hydroxylation sites is 2. The highest BCUT2D eigenvalue weighted by molar-refractivity contribution is 6.34. The molecule has 0 radical (unpaired) electrons. The molecular formula is C48H34N2O2. The summed E-state index contributed by atoms with van der Waals surface area (Å²) >= 11 is 0. The molecule has 0 aliphatic heterocycles. The second kappa shape index (κ2) is 11.9. The molecule has 0 saturated carbocycles. The van der Waals surface area contributed by atoms with Gasteiger partial charge in [-0.3, -0.25) is 0 Å². The van der Waals surface area contributed by atoms with Crippen LogP contribution in [0, 0.1) is 0 Å². The zero-order valence-electron chi connectivity index (χ0n) is 28.9. The molecule has 0 atom stereocenters. The van der Waals surface area contributed by atoms with E-state index in [2.05, 4.69) is 155 Å². The number of hydrogen-bond donors (Lipinski definition) is 0. The van der Waals surface area contributed by atoms with Crippen molar-refractivity contribution in [1.29, 1.82) is 0 Å². The van der Waals surface area contributed by atoms with Crippen LogP contribution in [0.1, 0.15) is 0 Å². The Morgan fingerprint density at radius 1 is 0.423 bits per heavy atom. The van der Waals surface area contributed by atoms with Crippen LogP contribution in [0.3, 0.4) is 0 Å². The van der Waals surface area contributed by atoms with Crippen molar-refractivity contribution in [3.05, 3.63) is 170 Å². The van der Waals surface area contributed by atoms with Crippen LogP contribution < -0.4 is 14.4 Å². The molecule has 0 fully saturated rings. The summed E-state index contributed by atoms with van der Waals surface area (Å²) < 4.78 is 13.6. The first-order valence-corrected chi connectivity index (χ1v) is 17.6. The first-order chi connectivity index (χ1) is 25.7. The molecule has 4 heteroatoms. The summed E-state index contributed by atoms with van der Waals surface area (Å²) in [6.45, 7) is 0. The van der Waals surface area contributed by atoms with Gasteiger partial charge in [0, 0.05) is 45.7 Å². The average Bonchev–Trinajstić information content (AvgIpc) is 3.54. The van der Waals surface area contributed by atoms with Gasteiger partial charge in [-0.25, -0.2) is 0 Å². The summed E-state index contributed by atoms with van der Waals surface area (Å²) in [5.41, 5.74) is 9.05. The molecule has 0 aliphatic carbocycles. The molecule has 1 heterocycles. The van der Waals surface area contributed by atoms with Gasteiger partial charge in [0.05, 0.1) is 25.3 Å². The van der Waals surface area contributed by atoms with E-state index in [-0.39, 0.29) is 0 Å². The summed E-state index contributed by atoms with van der Waals surface area (Å²) in [5, 5.41) is 10.2. The van der Waals surface area contributed by atoms with E-state index in [0.29, 0.717) is 0 Å². The molecule has 0 aliphatic rings. The normalized spacial score (nSPS) is 11.7. The van der Waals surface area contributed by atoms with E-state index in [1.807, 2.05) is 24.3 Å². The fourth-order valence-electron chi connectivity index (χ4n) is 8.17. The number of benzene rings is 9. The summed E-state index contributed by atoms with van der Waals surface area (Å²) in [4.78, 5) is 2.23. The third kappa shape index (κ3) is 4.61. The van der Waals surface area contributed by atoms with Crippen molar-refractivity contribution < 1.29 is 9.47 Å². The first kappa shape index (κ1) is 30.1. The van der Waals surface area contributed by atoms with E-state index in [1.165, 1.54) is 70.9 Å². The van der Waals surface area contributed by atoms with Crippen molar-refractivity contribution >= 4 is 71.2 Å². The van der Waals surface area contributed by atoms with E-state index >= 15 is 0 Å². The van der Waals surface area contributed by atoms with Crippen LogP contribution in [-0.4, -0.2) is 18.8 Å². The van der Waals surface area contributed by atoms with Gasteiger partial charge in [-0.15, -0.1) is 0 Å². The largest absolute Gasteiger partial charge is 0.497 e. The van der Waals surface area contributed by atoms with E-state index in [9.17, 15) is 0 Å². The van der Waals surface area contributed by atoms with Gasteiger partial charge in [-0.2, -0.15) is 0 Å². The number of methoxy groups -OCH3 is 2. The molecule has 52 heavy (non-hydrogen) atoms. The number of hydrogen-bond acceptors (Lipinski definition) is 3. The van der Waals surface area contributed by atoms with Crippen molar-refractivity contribution in [2.45, 2.75) is 0 Å². The predicted octanol–water partition coefficient (Wildman–Crippen LogP) is 12.8. The third-order valence-corrected chi connectivity index (χ3v) is 10.5. The highest BCUT2D eigenvalue weighted by atomic mass is 16.5. The van der Waals surface area contributed by atoms with Crippen molar-refractivity contribution in [3.8, 4) is 28.3 Å². The zero-order valence-corrected chi connectivity index (χ0v) is 28.9. The van der Waals surface area contributed by atoms with Crippen LogP contribution in [0.5, 0.6) is 11.5 Å². The van der Waals surface area contributed by atoms with Crippen LogP contribution in [-0.2, 0) is 0 Å². The molecule has 0 bridgehead atoms. The minimum atomic E-state index is 0.803. The molecule has 0 saturated heterocycles. The van der Waals surface area contributed by atoms with Gasteiger partial charge in [-0.05, 0) is 104 Å². The highest BCUT2D eigenvalue weighted by Gasteiger charge is 2.20. The Hall–Kier alpha value is -6.78. The molecule has 10 rings (SSSR count). The Morgan fingerprint density at radius 2 is 1.06 bits per heavy atom. The summed E-state index contributed by atoms with van der Waals surface area (Å²) in [6, 6.07) is 60.9. The maximum Gasteiger partial charge on any atom is 0.120 e. The molecular weight excluding hydrogens is 637 g/mol. The van der Waals surface area contributed by atoms with Crippen LogP contribution in [0.4, 0.5) is 17.1 Å². The second-order valence-corrected chi connectivity index (χ2v) is 13.3. The Kier molecular flexibility index (Phi) is 6.90. The number of rotatable bonds is 7. The molecule has 0 amide bonds. The molecule has 9 aromatic carbocycles. The number of aromatic nitrogens is 1. The zero-order chi connectivity index (χ0) is 34.8. The lowest BCUT2D eigenvalue weighted by molar-refractivity contribution is 0.414. The monoisotopic (exact) mass is 670 g/mol. The van der Waals surface area contributed by atoms with Gasteiger partial charge in [0.15, 0.2) is 0 Å². The van der Waals surface area contributed by atoms with Crippen molar-refractivity contribution in [3.63, 3.8) is 0 Å². The molecule has 0 spiro atoms. The standard InChI is InChI=1S/C48H34N2O2/c1-51-38-14-8-12-36(29-38)49(37-13-9-15-39(30-37)52-2)35-23-18-31(19-24-35)40-25-20-32-21-27-43-47-33(22-26-41(40)46(32)47)28-45-48(43)42-16-6-7-17-44(42)50(45)34-10-4-3-5-11-34/h3-30H,1-2H3. The fourth-order valence-corrected chi connectivity index (χ4v) is 8.17. The Labute approximate surface area is 301 Å². The minimum absolute atomic E-state index is 0.803. The smallest absolute Gasteiger partial charge is 0.120 e. The lowest BCUT2D eigenvalue weighted by Gasteiger charge is -2.26. The van der Waals surface area contributed by atoms with Crippen LogP contribution in [0.25, 0.3) is 70.9 Å². The summed E-state index contributed by atoms with van der Waals surface area (Å²) in [6.07, 6.45) is 0. The van der Waals surface area contributed by atoms with Crippen molar-refractivity contribution in [2.24, 2.45) is 0 Å². The van der Waals surface area contributed by atoms with Gasteiger partial charge >= 0.3 is 0 Å². The van der Waals surface area contributed by atoms with Gasteiger partial charge in [0.1, 0.15) is 11.5 Å². The SMILES string of the molecule is COc1cccc(N(c2ccc(-c3ccc4ccc5c6c(ccc3c46)cc3c5c4ccccc4n3-c3ccccc3)cc2)c2cccc(OC)c2)c1. The molecule has 1 aromatic heterocycles. The Bertz CT molecular complexity index is 2880. The Balaban J connectivity index is 1.15. The van der Waals surface area contributed by atoms with E-state index in [4.69, 9.17) is 9.47 Å². The maximum absolute atomic E-state index is 5.60. The predicted molar refractivity (Wildman–Crippen MR) is 218 cm³/mol. The van der Waals surface area contributed by atoms with Gasteiger partial charge in [-0.1, -0.05) is 97.1 Å². The fraction of sp³-hybridized carbons (Fsp3) is 0.0417. The molecule has 10 aromatic rings. The third-order valence-electron chi connectivity index (χ3n) is 10.5. The number of ether oxygens (including phenoxy) is 2. The summed E-state index contributed by atoms with van der Waals surface area (Å²) in [7, 11) is 3.40. The van der Waals surface area contributed by atoms with Crippen LogP contribution >= 0.6 is 0 Å². The molecule has 248 valence electrons. The molecule has 0 unspecified atom stereocenters. The molecule has 0 N–H and O–H groups in total. The number of nitrogens with zero attached hydrogens (tertiary/aromatic N) is 2. The summed E-state index contributed by atoms with van der Waals surface area (Å²) in [5.74, 6) is 1.61. The van der Waals surface area contributed by atoms with Gasteiger partial charge in [0.25, 0.3) is 0 Å². The van der Waals surface area contributed by atoms with Crippen molar-refractivity contribution in [1.82, 2.24) is 4.57 Å².